The van der Waals surface area contributed by atoms with Crippen molar-refractivity contribution in [1.82, 2.24) is 4.98 Å². The van der Waals surface area contributed by atoms with Crippen LogP contribution in [0.15, 0.2) is 22.1 Å². The third kappa shape index (κ3) is 3.52. The molecule has 0 unspecified atom stereocenters. The number of carboxylic acids is 1. The van der Waals surface area contributed by atoms with Gasteiger partial charge in [0.05, 0.1) is 9.98 Å². The fourth-order valence-corrected chi connectivity index (χ4v) is 3.40. The number of nitrogens with zero attached hydrogens (tertiary/aromatic N) is 1. The Hall–Kier alpha value is -0.920. The molecule has 0 saturated carbocycles. The standard InChI is InChI=1S/C10H9BrN2O2S2/c11-8-2-1-6(16-8)3-4-12-10-13-5-7(17-10)9(14)15/h1-2,5H,3-4H2,(H,12,13)(H,14,15). The molecule has 0 bridgehead atoms. The Balaban J connectivity index is 1.83. The van der Waals surface area contributed by atoms with E-state index in [0.29, 0.717) is 5.13 Å². The molecule has 7 heteroatoms. The first-order chi connectivity index (χ1) is 8.15. The maximum atomic E-state index is 10.7. The van der Waals surface area contributed by atoms with Crippen LogP contribution in [-0.2, 0) is 6.42 Å². The van der Waals surface area contributed by atoms with Gasteiger partial charge in [0, 0.05) is 11.4 Å². The highest BCUT2D eigenvalue weighted by Crippen LogP contribution is 2.23. The number of rotatable bonds is 5. The molecule has 2 aromatic heterocycles. The zero-order valence-electron chi connectivity index (χ0n) is 8.64. The highest BCUT2D eigenvalue weighted by atomic mass is 79.9. The summed E-state index contributed by atoms with van der Waals surface area (Å²) in [6, 6.07) is 4.09. The van der Waals surface area contributed by atoms with Gasteiger partial charge in [-0.3, -0.25) is 0 Å². The predicted molar refractivity (Wildman–Crippen MR) is 73.3 cm³/mol. The molecule has 0 saturated heterocycles. The van der Waals surface area contributed by atoms with Gasteiger partial charge in [-0.2, -0.15) is 0 Å². The summed E-state index contributed by atoms with van der Waals surface area (Å²) in [5.41, 5.74) is 0. The smallest absolute Gasteiger partial charge is 0.347 e. The van der Waals surface area contributed by atoms with Gasteiger partial charge >= 0.3 is 5.97 Å². The summed E-state index contributed by atoms with van der Waals surface area (Å²) in [4.78, 5) is 16.2. The molecule has 2 rings (SSSR count). The number of thiazole rings is 1. The minimum Gasteiger partial charge on any atom is -0.477 e. The number of aromatic carboxylic acids is 1. The summed E-state index contributed by atoms with van der Waals surface area (Å²) in [5.74, 6) is -0.933. The van der Waals surface area contributed by atoms with Gasteiger partial charge < -0.3 is 10.4 Å². The van der Waals surface area contributed by atoms with E-state index in [1.165, 1.54) is 11.1 Å². The van der Waals surface area contributed by atoms with E-state index in [0.717, 1.165) is 28.1 Å². The number of carboxylic acid groups (broad SMARTS) is 1. The summed E-state index contributed by atoms with van der Waals surface area (Å²) in [5, 5.41) is 12.5. The number of hydrogen-bond acceptors (Lipinski definition) is 5. The number of carbonyl (C=O) groups is 1. The summed E-state index contributed by atoms with van der Waals surface area (Å²) in [7, 11) is 0. The van der Waals surface area contributed by atoms with Gasteiger partial charge in [-0.05, 0) is 34.5 Å². The van der Waals surface area contributed by atoms with Crippen molar-refractivity contribution in [3.8, 4) is 0 Å². The number of anilines is 1. The van der Waals surface area contributed by atoms with E-state index in [-0.39, 0.29) is 4.88 Å². The van der Waals surface area contributed by atoms with E-state index >= 15 is 0 Å². The lowest BCUT2D eigenvalue weighted by Crippen LogP contribution is -2.03. The highest BCUT2D eigenvalue weighted by Gasteiger charge is 2.07. The van der Waals surface area contributed by atoms with Crippen molar-refractivity contribution >= 4 is 49.7 Å². The molecule has 0 amide bonds. The molecule has 90 valence electrons. The van der Waals surface area contributed by atoms with Gasteiger partial charge in [-0.1, -0.05) is 11.3 Å². The summed E-state index contributed by atoms with van der Waals surface area (Å²) in [6.07, 6.45) is 2.27. The minimum atomic E-state index is -0.933. The van der Waals surface area contributed by atoms with E-state index in [2.05, 4.69) is 32.3 Å². The SMILES string of the molecule is O=C(O)c1cnc(NCCc2ccc(Br)s2)s1. The molecular weight excluding hydrogens is 324 g/mol. The van der Waals surface area contributed by atoms with Crippen LogP contribution in [0, 0.1) is 0 Å². The third-order valence-electron chi connectivity index (χ3n) is 1.99. The summed E-state index contributed by atoms with van der Waals surface area (Å²) in [6.45, 7) is 0.750. The van der Waals surface area contributed by atoms with Gasteiger partial charge in [-0.25, -0.2) is 9.78 Å². The maximum Gasteiger partial charge on any atom is 0.347 e. The van der Waals surface area contributed by atoms with Crippen LogP contribution in [0.4, 0.5) is 5.13 Å². The second-order valence-corrected chi connectivity index (χ2v) is 6.80. The maximum absolute atomic E-state index is 10.7. The molecule has 0 atom stereocenters. The Morgan fingerprint density at radius 3 is 2.88 bits per heavy atom. The number of halogens is 1. The lowest BCUT2D eigenvalue weighted by molar-refractivity contribution is 0.0702. The van der Waals surface area contributed by atoms with Crippen LogP contribution >= 0.6 is 38.6 Å². The molecule has 2 N–H and O–H groups in total. The monoisotopic (exact) mass is 332 g/mol. The molecule has 4 nitrogen and oxygen atoms in total. The fraction of sp³-hybridized carbons (Fsp3) is 0.200. The molecule has 0 fully saturated rings. The van der Waals surface area contributed by atoms with Gasteiger partial charge in [-0.15, -0.1) is 11.3 Å². The molecule has 0 radical (unpaired) electrons. The largest absolute Gasteiger partial charge is 0.477 e. The molecule has 2 aromatic rings. The number of hydrogen-bond donors (Lipinski definition) is 2. The molecule has 17 heavy (non-hydrogen) atoms. The molecule has 2 heterocycles. The van der Waals surface area contributed by atoms with Gasteiger partial charge in [0.1, 0.15) is 4.88 Å². The Labute approximate surface area is 114 Å². The van der Waals surface area contributed by atoms with Crippen molar-refractivity contribution in [1.29, 1.82) is 0 Å². The predicted octanol–water partition coefficient (Wildman–Crippen LogP) is 3.32. The lowest BCUT2D eigenvalue weighted by Gasteiger charge is -1.99. The van der Waals surface area contributed by atoms with Crippen molar-refractivity contribution in [3.63, 3.8) is 0 Å². The van der Waals surface area contributed by atoms with E-state index < -0.39 is 5.97 Å². The molecular formula is C10H9BrN2O2S2. The van der Waals surface area contributed by atoms with Crippen LogP contribution in [0.25, 0.3) is 0 Å². The Kier molecular flexibility index (Phi) is 4.14. The van der Waals surface area contributed by atoms with Crippen LogP contribution < -0.4 is 5.32 Å². The summed E-state index contributed by atoms with van der Waals surface area (Å²) >= 11 is 6.26. The molecule has 0 aromatic carbocycles. The van der Waals surface area contributed by atoms with Crippen LogP contribution in [0.3, 0.4) is 0 Å². The topological polar surface area (TPSA) is 62.2 Å². The Bertz CT molecular complexity index is 524. The van der Waals surface area contributed by atoms with Crippen molar-refractivity contribution in [2.75, 3.05) is 11.9 Å². The average molecular weight is 333 g/mol. The van der Waals surface area contributed by atoms with E-state index in [1.54, 1.807) is 11.3 Å². The Morgan fingerprint density at radius 2 is 2.29 bits per heavy atom. The van der Waals surface area contributed by atoms with Crippen molar-refractivity contribution in [2.24, 2.45) is 0 Å². The van der Waals surface area contributed by atoms with E-state index in [9.17, 15) is 4.79 Å². The van der Waals surface area contributed by atoms with Crippen LogP contribution in [0.5, 0.6) is 0 Å². The van der Waals surface area contributed by atoms with Crippen molar-refractivity contribution in [2.45, 2.75) is 6.42 Å². The van der Waals surface area contributed by atoms with Gasteiger partial charge in [0.15, 0.2) is 5.13 Å². The zero-order valence-corrected chi connectivity index (χ0v) is 11.9. The number of nitrogens with one attached hydrogen (secondary N) is 1. The number of thiophene rings is 1. The summed E-state index contributed by atoms with van der Waals surface area (Å²) < 4.78 is 1.12. The van der Waals surface area contributed by atoms with Crippen LogP contribution in [0.1, 0.15) is 14.5 Å². The second kappa shape index (κ2) is 5.61. The first kappa shape index (κ1) is 12.5. The van der Waals surface area contributed by atoms with E-state index in [4.69, 9.17) is 5.11 Å². The Morgan fingerprint density at radius 1 is 1.47 bits per heavy atom. The first-order valence-corrected chi connectivity index (χ1v) is 7.25. The quantitative estimate of drug-likeness (QED) is 0.881. The van der Waals surface area contributed by atoms with Gasteiger partial charge in [0.2, 0.25) is 0 Å². The molecule has 0 aliphatic heterocycles. The zero-order chi connectivity index (χ0) is 12.3. The molecule has 0 spiro atoms. The normalized spacial score (nSPS) is 10.4. The minimum absolute atomic E-state index is 0.256. The molecule has 0 aliphatic rings. The highest BCUT2D eigenvalue weighted by molar-refractivity contribution is 9.11. The first-order valence-electron chi connectivity index (χ1n) is 4.82. The average Bonchev–Trinajstić information content (AvgIpc) is 2.88. The number of aromatic nitrogens is 1. The lowest BCUT2D eigenvalue weighted by atomic mass is 10.3. The van der Waals surface area contributed by atoms with Crippen LogP contribution in [0.2, 0.25) is 0 Å². The second-order valence-electron chi connectivity index (χ2n) is 3.22. The van der Waals surface area contributed by atoms with E-state index in [1.807, 2.05) is 6.07 Å². The third-order valence-corrected chi connectivity index (χ3v) is 4.62. The van der Waals surface area contributed by atoms with Gasteiger partial charge in [0.25, 0.3) is 0 Å². The molecule has 0 aliphatic carbocycles. The van der Waals surface area contributed by atoms with Crippen molar-refractivity contribution < 1.29 is 9.90 Å². The fourth-order valence-electron chi connectivity index (χ4n) is 1.23. The van der Waals surface area contributed by atoms with Crippen LogP contribution in [-0.4, -0.2) is 22.6 Å². The van der Waals surface area contributed by atoms with Crippen molar-refractivity contribution in [3.05, 3.63) is 31.9 Å².